The van der Waals surface area contributed by atoms with Crippen LogP contribution in [-0.4, -0.2) is 9.97 Å². The molecule has 17 heavy (non-hydrogen) atoms. The minimum absolute atomic E-state index is 0.0493. The standard InChI is InChI=1S/C12H12FN3O/c13-10-2-1-4-15-11(10)8-17-12-6-9(7-14)3-5-16-12/h1-6H,7-8,14H2. The van der Waals surface area contributed by atoms with Crippen molar-refractivity contribution in [2.75, 3.05) is 0 Å². The molecule has 2 N–H and O–H groups in total. The van der Waals surface area contributed by atoms with Gasteiger partial charge in [0, 0.05) is 25.0 Å². The second-order valence-electron chi connectivity index (χ2n) is 3.43. The van der Waals surface area contributed by atoms with Gasteiger partial charge in [0.2, 0.25) is 5.88 Å². The van der Waals surface area contributed by atoms with Crippen molar-refractivity contribution < 1.29 is 9.13 Å². The van der Waals surface area contributed by atoms with Crippen molar-refractivity contribution >= 4 is 0 Å². The Labute approximate surface area is 98.3 Å². The van der Waals surface area contributed by atoms with Crippen molar-refractivity contribution in [3.05, 3.63) is 53.7 Å². The van der Waals surface area contributed by atoms with Gasteiger partial charge in [0.15, 0.2) is 0 Å². The quantitative estimate of drug-likeness (QED) is 0.872. The highest BCUT2D eigenvalue weighted by molar-refractivity contribution is 5.20. The number of hydrogen-bond acceptors (Lipinski definition) is 4. The Morgan fingerprint density at radius 2 is 2.12 bits per heavy atom. The summed E-state index contributed by atoms with van der Waals surface area (Å²) in [6.07, 6.45) is 3.12. The number of aromatic nitrogens is 2. The van der Waals surface area contributed by atoms with Crippen molar-refractivity contribution in [3.63, 3.8) is 0 Å². The van der Waals surface area contributed by atoms with Crippen molar-refractivity contribution in [3.8, 4) is 5.88 Å². The van der Waals surface area contributed by atoms with E-state index in [1.165, 1.54) is 18.3 Å². The van der Waals surface area contributed by atoms with Gasteiger partial charge in [0.1, 0.15) is 18.1 Å². The van der Waals surface area contributed by atoms with Gasteiger partial charge in [-0.05, 0) is 23.8 Å². The van der Waals surface area contributed by atoms with Crippen LogP contribution in [0.5, 0.6) is 5.88 Å². The molecule has 0 aliphatic rings. The Balaban J connectivity index is 2.05. The molecule has 0 aliphatic carbocycles. The lowest BCUT2D eigenvalue weighted by atomic mass is 10.3. The average Bonchev–Trinajstić information content (AvgIpc) is 2.38. The lowest BCUT2D eigenvalue weighted by Crippen LogP contribution is -2.03. The van der Waals surface area contributed by atoms with Crippen LogP contribution in [0.15, 0.2) is 36.7 Å². The molecule has 2 aromatic heterocycles. The second kappa shape index (κ2) is 5.36. The zero-order valence-corrected chi connectivity index (χ0v) is 9.14. The van der Waals surface area contributed by atoms with E-state index in [1.54, 1.807) is 18.3 Å². The molecule has 0 radical (unpaired) electrons. The highest BCUT2D eigenvalue weighted by Gasteiger charge is 2.04. The number of ether oxygens (including phenoxy) is 1. The molecule has 0 fully saturated rings. The molecule has 0 atom stereocenters. The first-order valence-electron chi connectivity index (χ1n) is 5.17. The third-order valence-electron chi connectivity index (χ3n) is 2.23. The third kappa shape index (κ3) is 2.98. The van der Waals surface area contributed by atoms with E-state index >= 15 is 0 Å². The number of nitrogens with zero attached hydrogens (tertiary/aromatic N) is 2. The van der Waals surface area contributed by atoms with Gasteiger partial charge in [-0.2, -0.15) is 0 Å². The van der Waals surface area contributed by atoms with E-state index in [1.807, 2.05) is 0 Å². The molecule has 0 aliphatic heterocycles. The van der Waals surface area contributed by atoms with Crippen molar-refractivity contribution in [2.24, 2.45) is 5.73 Å². The molecule has 0 amide bonds. The summed E-state index contributed by atoms with van der Waals surface area (Å²) in [7, 11) is 0. The highest BCUT2D eigenvalue weighted by atomic mass is 19.1. The van der Waals surface area contributed by atoms with Gasteiger partial charge in [-0.3, -0.25) is 4.98 Å². The van der Waals surface area contributed by atoms with E-state index in [0.717, 1.165) is 5.56 Å². The van der Waals surface area contributed by atoms with Crippen molar-refractivity contribution in [2.45, 2.75) is 13.2 Å². The molecule has 5 heteroatoms. The van der Waals surface area contributed by atoms with Crippen LogP contribution in [0.2, 0.25) is 0 Å². The van der Waals surface area contributed by atoms with Crippen LogP contribution in [0.1, 0.15) is 11.3 Å². The predicted molar refractivity (Wildman–Crippen MR) is 60.7 cm³/mol. The van der Waals surface area contributed by atoms with Gasteiger partial charge < -0.3 is 10.5 Å². The third-order valence-corrected chi connectivity index (χ3v) is 2.23. The van der Waals surface area contributed by atoms with E-state index in [2.05, 4.69) is 9.97 Å². The number of hydrogen-bond donors (Lipinski definition) is 1. The Morgan fingerprint density at radius 3 is 2.88 bits per heavy atom. The number of pyridine rings is 2. The fraction of sp³-hybridized carbons (Fsp3) is 0.167. The summed E-state index contributed by atoms with van der Waals surface area (Å²) in [4.78, 5) is 7.89. The first kappa shape index (κ1) is 11.5. The Kier molecular flexibility index (Phi) is 3.62. The zero-order chi connectivity index (χ0) is 12.1. The molecule has 0 spiro atoms. The molecule has 88 valence electrons. The fourth-order valence-electron chi connectivity index (χ4n) is 1.32. The van der Waals surface area contributed by atoms with E-state index in [4.69, 9.17) is 10.5 Å². The molecule has 2 aromatic rings. The molecule has 0 saturated heterocycles. The number of nitrogens with two attached hydrogens (primary N) is 1. The first-order valence-corrected chi connectivity index (χ1v) is 5.17. The SMILES string of the molecule is NCc1ccnc(OCc2ncccc2F)c1. The molecular formula is C12H12FN3O. The lowest BCUT2D eigenvalue weighted by molar-refractivity contribution is 0.282. The Bertz CT molecular complexity index is 505. The molecule has 0 unspecified atom stereocenters. The topological polar surface area (TPSA) is 61.0 Å². The van der Waals surface area contributed by atoms with Gasteiger partial charge in [-0.25, -0.2) is 9.37 Å². The summed E-state index contributed by atoms with van der Waals surface area (Å²) in [5, 5.41) is 0. The van der Waals surface area contributed by atoms with Gasteiger partial charge in [-0.15, -0.1) is 0 Å². The van der Waals surface area contributed by atoms with Crippen LogP contribution in [0, 0.1) is 5.82 Å². The van der Waals surface area contributed by atoms with E-state index < -0.39 is 0 Å². The van der Waals surface area contributed by atoms with Crippen LogP contribution >= 0.6 is 0 Å². The van der Waals surface area contributed by atoms with Crippen molar-refractivity contribution in [1.29, 1.82) is 0 Å². The van der Waals surface area contributed by atoms with Crippen LogP contribution in [-0.2, 0) is 13.2 Å². The highest BCUT2D eigenvalue weighted by Crippen LogP contribution is 2.11. The average molecular weight is 233 g/mol. The summed E-state index contributed by atoms with van der Waals surface area (Å²) in [5.41, 5.74) is 6.66. The van der Waals surface area contributed by atoms with Crippen LogP contribution < -0.4 is 10.5 Å². The summed E-state index contributed by atoms with van der Waals surface area (Å²) in [6.45, 7) is 0.463. The van der Waals surface area contributed by atoms with Gasteiger partial charge in [-0.1, -0.05) is 0 Å². The molecule has 0 aromatic carbocycles. The number of rotatable bonds is 4. The molecular weight excluding hydrogens is 221 g/mol. The Morgan fingerprint density at radius 1 is 1.24 bits per heavy atom. The minimum atomic E-state index is -0.387. The maximum atomic E-state index is 13.3. The van der Waals surface area contributed by atoms with Gasteiger partial charge in [0.05, 0.1) is 0 Å². The minimum Gasteiger partial charge on any atom is -0.471 e. The largest absolute Gasteiger partial charge is 0.471 e. The molecule has 2 rings (SSSR count). The van der Waals surface area contributed by atoms with Crippen molar-refractivity contribution in [1.82, 2.24) is 9.97 Å². The van der Waals surface area contributed by atoms with Gasteiger partial charge in [0.25, 0.3) is 0 Å². The number of halogens is 1. The second-order valence-corrected chi connectivity index (χ2v) is 3.43. The summed E-state index contributed by atoms with van der Waals surface area (Å²) < 4.78 is 18.6. The maximum Gasteiger partial charge on any atom is 0.213 e. The van der Waals surface area contributed by atoms with Crippen LogP contribution in [0.25, 0.3) is 0 Å². The molecule has 0 saturated carbocycles. The monoisotopic (exact) mass is 233 g/mol. The zero-order valence-electron chi connectivity index (χ0n) is 9.14. The molecule has 2 heterocycles. The lowest BCUT2D eigenvalue weighted by Gasteiger charge is -2.06. The van der Waals surface area contributed by atoms with E-state index in [9.17, 15) is 4.39 Å². The Hall–Kier alpha value is -2.01. The molecule has 0 bridgehead atoms. The maximum absolute atomic E-state index is 13.3. The van der Waals surface area contributed by atoms with Crippen LogP contribution in [0.3, 0.4) is 0 Å². The first-order chi connectivity index (χ1) is 8.29. The summed E-state index contributed by atoms with van der Waals surface area (Å²) >= 11 is 0. The molecule has 4 nitrogen and oxygen atoms in total. The van der Waals surface area contributed by atoms with E-state index in [-0.39, 0.29) is 18.1 Å². The van der Waals surface area contributed by atoms with Gasteiger partial charge >= 0.3 is 0 Å². The fourth-order valence-corrected chi connectivity index (χ4v) is 1.32. The van der Waals surface area contributed by atoms with E-state index in [0.29, 0.717) is 12.4 Å². The predicted octanol–water partition coefficient (Wildman–Crippen LogP) is 1.65. The van der Waals surface area contributed by atoms with Crippen LogP contribution in [0.4, 0.5) is 4.39 Å². The smallest absolute Gasteiger partial charge is 0.213 e. The summed E-state index contributed by atoms with van der Waals surface area (Å²) in [6, 6.07) is 6.40. The summed E-state index contributed by atoms with van der Waals surface area (Å²) in [5.74, 6) is 0.0282. The normalized spacial score (nSPS) is 10.2.